The lowest BCUT2D eigenvalue weighted by atomic mass is 9.90. The van der Waals surface area contributed by atoms with Gasteiger partial charge in [0.15, 0.2) is 0 Å². The quantitative estimate of drug-likeness (QED) is 0.900. The number of hydrogen-bond donors (Lipinski definition) is 1. The van der Waals surface area contributed by atoms with Crippen molar-refractivity contribution in [3.63, 3.8) is 0 Å². The summed E-state index contributed by atoms with van der Waals surface area (Å²) in [6, 6.07) is 5.50. The van der Waals surface area contributed by atoms with E-state index in [9.17, 15) is 14.3 Å². The van der Waals surface area contributed by atoms with Crippen LogP contribution >= 0.6 is 0 Å². The van der Waals surface area contributed by atoms with E-state index in [1.165, 1.54) is 24.3 Å². The van der Waals surface area contributed by atoms with Crippen molar-refractivity contribution >= 4 is 5.97 Å². The van der Waals surface area contributed by atoms with E-state index >= 15 is 0 Å². The largest absolute Gasteiger partial charge is 0.478 e. The summed E-state index contributed by atoms with van der Waals surface area (Å²) in [6.07, 6.45) is 1.92. The second-order valence-electron chi connectivity index (χ2n) is 6.39. The summed E-state index contributed by atoms with van der Waals surface area (Å²) in [5.41, 5.74) is -1.22. The Morgan fingerprint density at radius 1 is 1.35 bits per heavy atom. The fourth-order valence-electron chi connectivity index (χ4n) is 3.28. The fourth-order valence-corrected chi connectivity index (χ4v) is 3.28. The maximum Gasteiger partial charge on any atom is 0.348 e. The minimum atomic E-state index is -1.22. The molecule has 3 rings (SSSR count). The van der Waals surface area contributed by atoms with Crippen molar-refractivity contribution in [1.82, 2.24) is 4.90 Å². The Labute approximate surface area is 135 Å². The van der Waals surface area contributed by atoms with Crippen LogP contribution < -0.4 is 4.74 Å². The van der Waals surface area contributed by atoms with Crippen molar-refractivity contribution in [2.45, 2.75) is 24.9 Å². The number of ether oxygens (including phenoxy) is 2. The predicted molar refractivity (Wildman–Crippen MR) is 82.0 cm³/mol. The number of benzene rings is 1. The minimum absolute atomic E-state index is 0.365. The van der Waals surface area contributed by atoms with Crippen molar-refractivity contribution in [2.75, 3.05) is 32.8 Å². The molecular formula is C17H22FNO4. The highest BCUT2D eigenvalue weighted by Crippen LogP contribution is 2.30. The first-order chi connectivity index (χ1) is 11.1. The molecule has 0 spiro atoms. The molecule has 0 bridgehead atoms. The Morgan fingerprint density at radius 2 is 2.04 bits per heavy atom. The van der Waals surface area contributed by atoms with Crippen LogP contribution in [0, 0.1) is 11.7 Å². The minimum Gasteiger partial charge on any atom is -0.478 e. The van der Waals surface area contributed by atoms with Gasteiger partial charge in [-0.3, -0.25) is 0 Å². The van der Waals surface area contributed by atoms with Crippen LogP contribution in [0.5, 0.6) is 5.75 Å². The Balaban J connectivity index is 1.61. The van der Waals surface area contributed by atoms with E-state index in [1.54, 1.807) is 0 Å². The zero-order chi connectivity index (χ0) is 16.3. The van der Waals surface area contributed by atoms with Crippen molar-refractivity contribution in [3.8, 4) is 5.75 Å². The molecule has 2 aliphatic rings. The molecule has 0 aliphatic carbocycles. The number of piperidine rings is 1. The van der Waals surface area contributed by atoms with Crippen molar-refractivity contribution < 1.29 is 23.8 Å². The van der Waals surface area contributed by atoms with Crippen molar-refractivity contribution in [3.05, 3.63) is 30.1 Å². The van der Waals surface area contributed by atoms with Gasteiger partial charge in [0, 0.05) is 39.1 Å². The molecule has 2 fully saturated rings. The van der Waals surface area contributed by atoms with Crippen LogP contribution in [0.25, 0.3) is 0 Å². The summed E-state index contributed by atoms with van der Waals surface area (Å²) < 4.78 is 24.1. The molecule has 6 heteroatoms. The lowest BCUT2D eigenvalue weighted by Gasteiger charge is -2.39. The highest BCUT2D eigenvalue weighted by Gasteiger charge is 2.44. The van der Waals surface area contributed by atoms with Gasteiger partial charge in [-0.25, -0.2) is 9.18 Å². The zero-order valence-electron chi connectivity index (χ0n) is 13.0. The summed E-state index contributed by atoms with van der Waals surface area (Å²) in [4.78, 5) is 14.0. The molecule has 0 amide bonds. The number of aliphatic carboxylic acids is 1. The first-order valence-electron chi connectivity index (χ1n) is 8.05. The monoisotopic (exact) mass is 323 g/mol. The van der Waals surface area contributed by atoms with Gasteiger partial charge in [-0.15, -0.1) is 0 Å². The fraction of sp³-hybridized carbons (Fsp3) is 0.588. The van der Waals surface area contributed by atoms with E-state index in [1.807, 2.05) is 0 Å². The van der Waals surface area contributed by atoms with Crippen molar-refractivity contribution in [1.29, 1.82) is 0 Å². The highest BCUT2D eigenvalue weighted by molar-refractivity contribution is 5.78. The summed E-state index contributed by atoms with van der Waals surface area (Å²) in [6.45, 7) is 3.94. The number of hydrogen-bond acceptors (Lipinski definition) is 4. The van der Waals surface area contributed by atoms with Crippen molar-refractivity contribution in [2.24, 2.45) is 5.92 Å². The third kappa shape index (κ3) is 3.82. The summed E-state index contributed by atoms with van der Waals surface area (Å²) in [5.74, 6) is -0.377. The van der Waals surface area contributed by atoms with E-state index in [-0.39, 0.29) is 5.82 Å². The van der Waals surface area contributed by atoms with Crippen LogP contribution in [-0.2, 0) is 9.53 Å². The molecule has 2 aliphatic heterocycles. The van der Waals surface area contributed by atoms with Crippen LogP contribution in [0.3, 0.4) is 0 Å². The molecule has 2 heterocycles. The molecule has 1 aromatic rings. The van der Waals surface area contributed by atoms with E-state index < -0.39 is 11.6 Å². The summed E-state index contributed by atoms with van der Waals surface area (Å²) in [7, 11) is 0. The number of carbonyl (C=O) groups is 1. The molecule has 5 nitrogen and oxygen atoms in total. The highest BCUT2D eigenvalue weighted by atomic mass is 19.1. The second kappa shape index (κ2) is 6.84. The molecular weight excluding hydrogens is 301 g/mol. The summed E-state index contributed by atoms with van der Waals surface area (Å²) in [5, 5.41) is 9.64. The molecule has 0 aromatic heterocycles. The maximum atomic E-state index is 13.0. The Morgan fingerprint density at radius 3 is 2.61 bits per heavy atom. The van der Waals surface area contributed by atoms with E-state index in [2.05, 4.69) is 4.90 Å². The molecule has 2 saturated heterocycles. The standard InChI is InChI=1S/C17H22FNO4/c18-14-1-3-15(4-2-14)23-17(16(20)21)6-8-19(9-7-17)11-13-5-10-22-12-13/h1-4,13H,5-12H2,(H,20,21). The topological polar surface area (TPSA) is 59.0 Å². The van der Waals surface area contributed by atoms with Crippen LogP contribution in [0.1, 0.15) is 19.3 Å². The van der Waals surface area contributed by atoms with E-state index in [0.717, 1.165) is 26.2 Å². The van der Waals surface area contributed by atoms with Crippen LogP contribution in [0.4, 0.5) is 4.39 Å². The Kier molecular flexibility index (Phi) is 4.82. The SMILES string of the molecule is O=C(O)C1(Oc2ccc(F)cc2)CCN(CC2CCOC2)CC1. The van der Waals surface area contributed by atoms with Gasteiger partial charge in [0.05, 0.1) is 6.61 Å². The number of nitrogens with zero attached hydrogens (tertiary/aromatic N) is 1. The molecule has 1 unspecified atom stereocenters. The van der Waals surface area contributed by atoms with Gasteiger partial charge in [-0.05, 0) is 36.6 Å². The normalized spacial score (nSPS) is 24.5. The predicted octanol–water partition coefficient (Wildman–Crippen LogP) is 2.16. The lowest BCUT2D eigenvalue weighted by molar-refractivity contribution is -0.159. The molecule has 1 N–H and O–H groups in total. The summed E-state index contributed by atoms with van der Waals surface area (Å²) >= 11 is 0. The van der Waals surface area contributed by atoms with Crippen LogP contribution in [-0.4, -0.2) is 54.4 Å². The zero-order valence-corrected chi connectivity index (χ0v) is 13.0. The van der Waals surface area contributed by atoms with Gasteiger partial charge in [-0.2, -0.15) is 0 Å². The molecule has 0 saturated carbocycles. The smallest absolute Gasteiger partial charge is 0.348 e. The third-order valence-corrected chi connectivity index (χ3v) is 4.72. The lowest BCUT2D eigenvalue weighted by Crippen LogP contribution is -2.53. The van der Waals surface area contributed by atoms with Gasteiger partial charge >= 0.3 is 5.97 Å². The number of rotatable bonds is 5. The molecule has 1 atom stereocenters. The molecule has 23 heavy (non-hydrogen) atoms. The number of likely N-dealkylation sites (tertiary alicyclic amines) is 1. The Hall–Kier alpha value is -1.66. The van der Waals surface area contributed by atoms with E-state index in [4.69, 9.17) is 9.47 Å². The van der Waals surface area contributed by atoms with Crippen LogP contribution in [0.2, 0.25) is 0 Å². The Bertz CT molecular complexity index is 534. The number of halogens is 1. The molecule has 1 aromatic carbocycles. The van der Waals surface area contributed by atoms with Gasteiger partial charge in [0.25, 0.3) is 0 Å². The van der Waals surface area contributed by atoms with Gasteiger partial charge in [0.2, 0.25) is 5.60 Å². The average molecular weight is 323 g/mol. The average Bonchev–Trinajstić information content (AvgIpc) is 3.04. The molecule has 0 radical (unpaired) electrons. The number of carboxylic acid groups (broad SMARTS) is 1. The first kappa shape index (κ1) is 16.2. The second-order valence-corrected chi connectivity index (χ2v) is 6.39. The first-order valence-corrected chi connectivity index (χ1v) is 8.05. The third-order valence-electron chi connectivity index (χ3n) is 4.72. The number of carboxylic acids is 1. The van der Waals surface area contributed by atoms with E-state index in [0.29, 0.717) is 37.6 Å². The maximum absolute atomic E-state index is 13.0. The van der Waals surface area contributed by atoms with Gasteiger partial charge < -0.3 is 19.5 Å². The molecule has 126 valence electrons. The van der Waals surface area contributed by atoms with Crippen LogP contribution in [0.15, 0.2) is 24.3 Å². The van der Waals surface area contributed by atoms with Gasteiger partial charge in [-0.1, -0.05) is 0 Å². The van der Waals surface area contributed by atoms with Gasteiger partial charge in [0.1, 0.15) is 11.6 Å².